The number of aromatic amines is 1. The number of hydrogen-bond acceptors (Lipinski definition) is 5. The molecular weight excluding hydrogens is 318 g/mol. The molecule has 0 aliphatic rings. The van der Waals surface area contributed by atoms with Gasteiger partial charge >= 0.3 is 0 Å². The number of para-hydroxylation sites is 1. The predicted octanol–water partition coefficient (Wildman–Crippen LogP) is 1.83. The molecule has 3 rings (SSSR count). The van der Waals surface area contributed by atoms with E-state index in [1.807, 2.05) is 13.0 Å². The van der Waals surface area contributed by atoms with Crippen LogP contribution in [-0.2, 0) is 11.2 Å². The van der Waals surface area contributed by atoms with Gasteiger partial charge in [0.1, 0.15) is 11.6 Å². The molecule has 0 fully saturated rings. The molecule has 0 saturated heterocycles. The number of H-pyrrole nitrogens is 1. The van der Waals surface area contributed by atoms with Crippen LogP contribution < -0.4 is 10.9 Å². The van der Waals surface area contributed by atoms with Crippen LogP contribution in [0, 0.1) is 6.92 Å². The minimum Gasteiger partial charge on any atom is -0.348 e. The number of aryl methyl sites for hydroxylation is 2. The first kappa shape index (κ1) is 16.8. The first-order chi connectivity index (χ1) is 12.0. The summed E-state index contributed by atoms with van der Waals surface area (Å²) < 4.78 is 0. The van der Waals surface area contributed by atoms with Crippen molar-refractivity contribution in [3.05, 3.63) is 64.2 Å². The summed E-state index contributed by atoms with van der Waals surface area (Å²) in [6.07, 6.45) is 2.27. The number of amides is 1. The van der Waals surface area contributed by atoms with Crippen LogP contribution in [0.2, 0.25) is 0 Å². The first-order valence-corrected chi connectivity index (χ1v) is 8.10. The van der Waals surface area contributed by atoms with Crippen molar-refractivity contribution in [3.8, 4) is 0 Å². The van der Waals surface area contributed by atoms with Gasteiger partial charge in [-0.1, -0.05) is 12.1 Å². The zero-order valence-electron chi connectivity index (χ0n) is 14.1. The monoisotopic (exact) mass is 337 g/mol. The molecule has 1 atom stereocenters. The van der Waals surface area contributed by atoms with Gasteiger partial charge in [0.25, 0.3) is 5.56 Å². The topological polar surface area (TPSA) is 101 Å². The van der Waals surface area contributed by atoms with Crippen molar-refractivity contribution in [2.45, 2.75) is 32.7 Å². The van der Waals surface area contributed by atoms with E-state index in [0.29, 0.717) is 29.0 Å². The number of carbonyl (C=O) groups excluding carboxylic acids is 1. The Morgan fingerprint density at radius 2 is 2.04 bits per heavy atom. The summed E-state index contributed by atoms with van der Waals surface area (Å²) in [5.41, 5.74) is 1.20. The summed E-state index contributed by atoms with van der Waals surface area (Å²) in [5.74, 6) is 1.04. The number of aromatic nitrogens is 4. The number of fused-ring (bicyclic) bond motifs is 1. The molecule has 2 N–H and O–H groups in total. The smallest absolute Gasteiger partial charge is 0.258 e. The van der Waals surface area contributed by atoms with Crippen LogP contribution in [0.15, 0.2) is 41.3 Å². The first-order valence-electron chi connectivity index (χ1n) is 8.10. The van der Waals surface area contributed by atoms with E-state index in [-0.39, 0.29) is 23.9 Å². The highest BCUT2D eigenvalue weighted by atomic mass is 16.1. The standard InChI is InChI=1S/C18H19N5O2/c1-11(14-9-10-19-12(2)21-14)20-17(24)8-7-16-22-15-6-4-3-5-13(15)18(25)23-16/h3-6,9-11H,7-8H2,1-2H3,(H,20,24)(H,22,23,25). The van der Waals surface area contributed by atoms with Crippen LogP contribution in [0.3, 0.4) is 0 Å². The molecule has 0 radical (unpaired) electrons. The summed E-state index contributed by atoms with van der Waals surface area (Å²) in [6.45, 7) is 3.68. The minimum atomic E-state index is -0.210. The minimum absolute atomic E-state index is 0.125. The molecule has 1 unspecified atom stereocenters. The van der Waals surface area contributed by atoms with Gasteiger partial charge in [-0.3, -0.25) is 9.59 Å². The summed E-state index contributed by atoms with van der Waals surface area (Å²) >= 11 is 0. The average molecular weight is 337 g/mol. The molecule has 0 aliphatic heterocycles. The average Bonchev–Trinajstić information content (AvgIpc) is 2.60. The molecule has 0 saturated carbocycles. The van der Waals surface area contributed by atoms with E-state index < -0.39 is 0 Å². The van der Waals surface area contributed by atoms with Gasteiger partial charge in [-0.25, -0.2) is 15.0 Å². The Balaban J connectivity index is 1.63. The quantitative estimate of drug-likeness (QED) is 0.740. The van der Waals surface area contributed by atoms with Crippen LogP contribution in [0.25, 0.3) is 10.9 Å². The third-order valence-corrected chi connectivity index (χ3v) is 3.87. The summed E-state index contributed by atoms with van der Waals surface area (Å²) in [6, 6.07) is 8.70. The zero-order valence-corrected chi connectivity index (χ0v) is 14.1. The van der Waals surface area contributed by atoms with Crippen LogP contribution in [-0.4, -0.2) is 25.8 Å². The second-order valence-corrected chi connectivity index (χ2v) is 5.85. The van der Waals surface area contributed by atoms with Crippen LogP contribution in [0.1, 0.15) is 36.7 Å². The fourth-order valence-electron chi connectivity index (χ4n) is 2.59. The molecule has 2 heterocycles. The van der Waals surface area contributed by atoms with Crippen molar-refractivity contribution in [1.82, 2.24) is 25.3 Å². The van der Waals surface area contributed by atoms with E-state index in [4.69, 9.17) is 0 Å². The highest BCUT2D eigenvalue weighted by molar-refractivity contribution is 5.78. The van der Waals surface area contributed by atoms with Crippen LogP contribution in [0.5, 0.6) is 0 Å². The van der Waals surface area contributed by atoms with Gasteiger partial charge in [-0.2, -0.15) is 0 Å². The highest BCUT2D eigenvalue weighted by Gasteiger charge is 2.12. The molecule has 1 aromatic carbocycles. The lowest BCUT2D eigenvalue weighted by atomic mass is 10.2. The Labute approximate surface area is 144 Å². The molecule has 128 valence electrons. The van der Waals surface area contributed by atoms with Gasteiger partial charge < -0.3 is 10.3 Å². The number of hydrogen-bond donors (Lipinski definition) is 2. The number of nitrogens with zero attached hydrogens (tertiary/aromatic N) is 3. The van der Waals surface area contributed by atoms with Crippen LogP contribution in [0.4, 0.5) is 0 Å². The molecule has 25 heavy (non-hydrogen) atoms. The molecule has 1 amide bonds. The SMILES string of the molecule is Cc1nccc(C(C)NC(=O)CCc2nc3ccccc3c(=O)[nH]2)n1. The van der Waals surface area contributed by atoms with Crippen molar-refractivity contribution < 1.29 is 4.79 Å². The predicted molar refractivity (Wildman–Crippen MR) is 94.0 cm³/mol. The van der Waals surface area contributed by atoms with Gasteiger partial charge in [0, 0.05) is 19.0 Å². The maximum atomic E-state index is 12.2. The van der Waals surface area contributed by atoms with Crippen molar-refractivity contribution in [1.29, 1.82) is 0 Å². The van der Waals surface area contributed by atoms with Crippen molar-refractivity contribution in [3.63, 3.8) is 0 Å². The van der Waals surface area contributed by atoms with E-state index in [9.17, 15) is 9.59 Å². The molecule has 2 aromatic heterocycles. The Kier molecular flexibility index (Phi) is 4.83. The number of benzene rings is 1. The fraction of sp³-hybridized carbons (Fsp3) is 0.278. The molecule has 0 spiro atoms. The normalized spacial score (nSPS) is 12.1. The maximum Gasteiger partial charge on any atom is 0.258 e. The molecule has 0 bridgehead atoms. The van der Waals surface area contributed by atoms with Crippen LogP contribution >= 0.6 is 0 Å². The third-order valence-electron chi connectivity index (χ3n) is 3.87. The molecule has 7 heteroatoms. The zero-order chi connectivity index (χ0) is 17.8. The van der Waals surface area contributed by atoms with Crippen molar-refractivity contribution in [2.75, 3.05) is 0 Å². The summed E-state index contributed by atoms with van der Waals surface area (Å²) in [4.78, 5) is 39.7. The largest absolute Gasteiger partial charge is 0.348 e. The Bertz CT molecular complexity index is 967. The summed E-state index contributed by atoms with van der Waals surface area (Å²) in [7, 11) is 0. The number of nitrogens with one attached hydrogen (secondary N) is 2. The Hall–Kier alpha value is -3.09. The maximum absolute atomic E-state index is 12.2. The van der Waals surface area contributed by atoms with E-state index in [1.165, 1.54) is 0 Å². The number of rotatable bonds is 5. The Morgan fingerprint density at radius 3 is 2.84 bits per heavy atom. The number of carbonyl (C=O) groups is 1. The Morgan fingerprint density at radius 1 is 1.24 bits per heavy atom. The molecule has 3 aromatic rings. The van der Waals surface area contributed by atoms with Gasteiger partial charge in [0.2, 0.25) is 5.91 Å². The van der Waals surface area contributed by atoms with Crippen molar-refractivity contribution >= 4 is 16.8 Å². The lowest BCUT2D eigenvalue weighted by molar-refractivity contribution is -0.121. The molecule has 0 aliphatic carbocycles. The van der Waals surface area contributed by atoms with Gasteiger partial charge in [-0.05, 0) is 32.0 Å². The molecule has 7 nitrogen and oxygen atoms in total. The van der Waals surface area contributed by atoms with Gasteiger partial charge in [-0.15, -0.1) is 0 Å². The lowest BCUT2D eigenvalue weighted by Crippen LogP contribution is -2.28. The second-order valence-electron chi connectivity index (χ2n) is 5.85. The van der Waals surface area contributed by atoms with E-state index in [1.54, 1.807) is 37.4 Å². The second kappa shape index (κ2) is 7.21. The van der Waals surface area contributed by atoms with Gasteiger partial charge in [0.05, 0.1) is 22.6 Å². The van der Waals surface area contributed by atoms with E-state index >= 15 is 0 Å². The highest BCUT2D eigenvalue weighted by Crippen LogP contribution is 2.10. The van der Waals surface area contributed by atoms with E-state index in [0.717, 1.165) is 5.69 Å². The third kappa shape index (κ3) is 4.06. The fourth-order valence-corrected chi connectivity index (χ4v) is 2.59. The van der Waals surface area contributed by atoms with E-state index in [2.05, 4.69) is 25.3 Å². The molecular formula is C18H19N5O2. The van der Waals surface area contributed by atoms with Gasteiger partial charge in [0.15, 0.2) is 0 Å². The summed E-state index contributed by atoms with van der Waals surface area (Å²) in [5, 5.41) is 3.44. The van der Waals surface area contributed by atoms with Crippen molar-refractivity contribution in [2.24, 2.45) is 0 Å². The lowest BCUT2D eigenvalue weighted by Gasteiger charge is -2.13.